The number of hydrogen-bond acceptors (Lipinski definition) is 4. The van der Waals surface area contributed by atoms with Gasteiger partial charge in [-0.3, -0.25) is 4.90 Å². The minimum atomic E-state index is -0.524. The molecule has 1 N–H and O–H groups in total. The molecule has 0 aromatic carbocycles. The van der Waals surface area contributed by atoms with Crippen LogP contribution in [-0.4, -0.2) is 72.5 Å². The lowest BCUT2D eigenvalue weighted by molar-refractivity contribution is -0.104. The highest BCUT2D eigenvalue weighted by Crippen LogP contribution is 2.23. The quantitative estimate of drug-likeness (QED) is 0.767. The Morgan fingerprint density at radius 2 is 1.94 bits per heavy atom. The molecule has 0 bridgehead atoms. The molecule has 0 aliphatic carbocycles. The molecule has 2 heterocycles. The van der Waals surface area contributed by atoms with E-state index < -0.39 is 5.60 Å². The summed E-state index contributed by atoms with van der Waals surface area (Å²) < 4.78 is 5.73. The number of likely N-dealkylation sites (tertiary alicyclic amines) is 1. The van der Waals surface area contributed by atoms with Gasteiger partial charge in [-0.25, -0.2) is 0 Å². The Hall–Kier alpha value is -0.160. The van der Waals surface area contributed by atoms with Crippen molar-refractivity contribution in [2.45, 2.75) is 44.5 Å². The lowest BCUT2D eigenvalue weighted by atomic mass is 9.92. The maximum atomic E-state index is 10.6. The molecule has 0 amide bonds. The summed E-state index contributed by atoms with van der Waals surface area (Å²) >= 11 is 0. The van der Waals surface area contributed by atoms with Crippen LogP contribution in [0.2, 0.25) is 0 Å². The molecular weight excluding hydrogens is 216 g/mol. The Morgan fingerprint density at radius 3 is 2.53 bits per heavy atom. The van der Waals surface area contributed by atoms with Crippen LogP contribution >= 0.6 is 0 Å². The first-order valence-corrected chi connectivity index (χ1v) is 6.76. The molecule has 2 aliphatic heterocycles. The van der Waals surface area contributed by atoms with Crippen LogP contribution in [0.4, 0.5) is 0 Å². The molecule has 3 atom stereocenters. The van der Waals surface area contributed by atoms with Crippen molar-refractivity contribution in [2.75, 3.05) is 39.8 Å². The third-order valence-corrected chi connectivity index (χ3v) is 3.76. The van der Waals surface area contributed by atoms with Crippen molar-refractivity contribution in [3.05, 3.63) is 0 Å². The highest BCUT2D eigenvalue weighted by Gasteiger charge is 2.35. The average Bonchev–Trinajstić information content (AvgIpc) is 2.13. The standard InChI is InChI=1S/C13H26N2O2/c1-11-7-15(8-12(2)17-11)10-13(16)5-4-6-14(3)9-13/h11-12,16H,4-10H2,1-3H3/t11-,12+,13-/m0/s1. The van der Waals surface area contributed by atoms with Gasteiger partial charge in [0.2, 0.25) is 0 Å². The smallest absolute Gasteiger partial charge is 0.0900 e. The van der Waals surface area contributed by atoms with E-state index in [1.54, 1.807) is 0 Å². The molecule has 2 saturated heterocycles. The fraction of sp³-hybridized carbons (Fsp3) is 1.00. The molecule has 0 spiro atoms. The van der Waals surface area contributed by atoms with Crippen molar-refractivity contribution in [1.29, 1.82) is 0 Å². The van der Waals surface area contributed by atoms with Crippen LogP contribution in [0, 0.1) is 0 Å². The maximum Gasteiger partial charge on any atom is 0.0900 e. The van der Waals surface area contributed by atoms with Crippen LogP contribution in [0.15, 0.2) is 0 Å². The second kappa shape index (κ2) is 5.22. The van der Waals surface area contributed by atoms with Crippen LogP contribution in [-0.2, 0) is 4.74 Å². The summed E-state index contributed by atoms with van der Waals surface area (Å²) in [6, 6.07) is 0. The van der Waals surface area contributed by atoms with Crippen molar-refractivity contribution in [3.63, 3.8) is 0 Å². The molecule has 0 aromatic heterocycles. The van der Waals surface area contributed by atoms with Gasteiger partial charge in [0.25, 0.3) is 0 Å². The summed E-state index contributed by atoms with van der Waals surface area (Å²) in [4.78, 5) is 4.59. The summed E-state index contributed by atoms with van der Waals surface area (Å²) in [7, 11) is 2.09. The van der Waals surface area contributed by atoms with Crippen LogP contribution in [0.1, 0.15) is 26.7 Å². The van der Waals surface area contributed by atoms with Crippen LogP contribution in [0.25, 0.3) is 0 Å². The van der Waals surface area contributed by atoms with E-state index in [0.717, 1.165) is 45.6 Å². The zero-order valence-electron chi connectivity index (χ0n) is 11.4. The molecule has 0 aromatic rings. The van der Waals surface area contributed by atoms with Gasteiger partial charge in [0.15, 0.2) is 0 Å². The Labute approximate surface area is 105 Å². The Balaban J connectivity index is 1.90. The predicted molar refractivity (Wildman–Crippen MR) is 68.1 cm³/mol. The number of morpholine rings is 1. The molecule has 2 fully saturated rings. The van der Waals surface area contributed by atoms with Crippen molar-refractivity contribution in [1.82, 2.24) is 9.80 Å². The summed E-state index contributed by atoms with van der Waals surface area (Å²) in [5, 5.41) is 10.6. The molecule has 100 valence electrons. The van der Waals surface area contributed by atoms with Gasteiger partial charge in [-0.15, -0.1) is 0 Å². The lowest BCUT2D eigenvalue weighted by Gasteiger charge is -2.43. The molecule has 4 nitrogen and oxygen atoms in total. The number of nitrogens with zero attached hydrogens (tertiary/aromatic N) is 2. The summed E-state index contributed by atoms with van der Waals surface area (Å²) in [5.41, 5.74) is -0.524. The topological polar surface area (TPSA) is 35.9 Å². The predicted octanol–water partition coefficient (Wildman–Crippen LogP) is 0.552. The van der Waals surface area contributed by atoms with Gasteiger partial charge in [-0.2, -0.15) is 0 Å². The molecule has 2 rings (SSSR count). The van der Waals surface area contributed by atoms with Crippen molar-refractivity contribution < 1.29 is 9.84 Å². The van der Waals surface area contributed by atoms with Gasteiger partial charge >= 0.3 is 0 Å². The highest BCUT2D eigenvalue weighted by molar-refractivity contribution is 4.90. The number of rotatable bonds is 2. The normalized spacial score (nSPS) is 41.6. The molecule has 2 aliphatic rings. The second-order valence-corrected chi connectivity index (χ2v) is 6.02. The first kappa shape index (κ1) is 13.3. The molecule has 0 radical (unpaired) electrons. The minimum Gasteiger partial charge on any atom is -0.387 e. The number of piperidine rings is 1. The van der Waals surface area contributed by atoms with E-state index in [1.165, 1.54) is 0 Å². The third-order valence-electron chi connectivity index (χ3n) is 3.76. The minimum absolute atomic E-state index is 0.281. The zero-order chi connectivity index (χ0) is 12.5. The van der Waals surface area contributed by atoms with Gasteiger partial charge < -0.3 is 14.7 Å². The monoisotopic (exact) mass is 242 g/mol. The van der Waals surface area contributed by atoms with Crippen molar-refractivity contribution >= 4 is 0 Å². The Kier molecular flexibility index (Phi) is 4.08. The fourth-order valence-electron chi connectivity index (χ4n) is 3.30. The van der Waals surface area contributed by atoms with Gasteiger partial charge in [-0.1, -0.05) is 0 Å². The lowest BCUT2D eigenvalue weighted by Crippen LogP contribution is -2.57. The first-order chi connectivity index (χ1) is 7.97. The molecular formula is C13H26N2O2. The van der Waals surface area contributed by atoms with E-state index in [1.807, 2.05) is 0 Å². The van der Waals surface area contributed by atoms with E-state index in [9.17, 15) is 5.11 Å². The summed E-state index contributed by atoms with van der Waals surface area (Å²) in [5.74, 6) is 0. The largest absolute Gasteiger partial charge is 0.387 e. The number of hydrogen-bond donors (Lipinski definition) is 1. The summed E-state index contributed by atoms with van der Waals surface area (Å²) in [6.45, 7) is 8.80. The van der Waals surface area contributed by atoms with E-state index in [0.29, 0.717) is 0 Å². The number of aliphatic hydroxyl groups is 1. The first-order valence-electron chi connectivity index (χ1n) is 6.76. The fourth-order valence-corrected chi connectivity index (χ4v) is 3.30. The van der Waals surface area contributed by atoms with Gasteiger partial charge in [0, 0.05) is 26.2 Å². The van der Waals surface area contributed by atoms with Crippen molar-refractivity contribution in [3.8, 4) is 0 Å². The highest BCUT2D eigenvalue weighted by atomic mass is 16.5. The Bertz CT molecular complexity index is 252. The van der Waals surface area contributed by atoms with Crippen LogP contribution in [0.3, 0.4) is 0 Å². The van der Waals surface area contributed by atoms with Crippen LogP contribution in [0.5, 0.6) is 0 Å². The van der Waals surface area contributed by atoms with Crippen LogP contribution < -0.4 is 0 Å². The SMILES string of the molecule is C[C@@H]1CN(C[C@]2(O)CCCN(C)C2)C[C@H](C)O1. The van der Waals surface area contributed by atoms with E-state index in [-0.39, 0.29) is 12.2 Å². The van der Waals surface area contributed by atoms with Gasteiger partial charge in [0.1, 0.15) is 0 Å². The molecule has 0 saturated carbocycles. The number of ether oxygens (including phenoxy) is 1. The molecule has 4 heteroatoms. The van der Waals surface area contributed by atoms with Gasteiger partial charge in [-0.05, 0) is 40.3 Å². The number of β-amino-alcohol motifs (C(OH)–C–C–N with tert-alkyl or cyclic N) is 1. The second-order valence-electron chi connectivity index (χ2n) is 6.02. The van der Waals surface area contributed by atoms with E-state index >= 15 is 0 Å². The average molecular weight is 242 g/mol. The molecule has 0 unspecified atom stereocenters. The van der Waals surface area contributed by atoms with Crippen molar-refractivity contribution in [2.24, 2.45) is 0 Å². The Morgan fingerprint density at radius 1 is 1.29 bits per heavy atom. The maximum absolute atomic E-state index is 10.6. The zero-order valence-corrected chi connectivity index (χ0v) is 11.4. The molecule has 17 heavy (non-hydrogen) atoms. The summed E-state index contributed by atoms with van der Waals surface area (Å²) in [6.07, 6.45) is 2.59. The van der Waals surface area contributed by atoms with Gasteiger partial charge in [0.05, 0.1) is 17.8 Å². The third kappa shape index (κ3) is 3.65. The number of likely N-dealkylation sites (N-methyl/N-ethyl adjacent to an activating group) is 1. The van der Waals surface area contributed by atoms with E-state index in [2.05, 4.69) is 30.7 Å². The van der Waals surface area contributed by atoms with E-state index in [4.69, 9.17) is 4.74 Å².